The van der Waals surface area contributed by atoms with E-state index in [1.165, 1.54) is 12.5 Å². The van der Waals surface area contributed by atoms with Crippen LogP contribution in [-0.2, 0) is 20.8 Å². The molecule has 1 saturated carbocycles. The van der Waals surface area contributed by atoms with E-state index in [2.05, 4.69) is 50.5 Å². The lowest BCUT2D eigenvalue weighted by Gasteiger charge is -2.41. The van der Waals surface area contributed by atoms with Crippen LogP contribution in [0.15, 0.2) is 47.3 Å². The number of piperidine rings is 2. The molecular weight excluding hydrogens is 976 g/mol. The van der Waals surface area contributed by atoms with Gasteiger partial charge in [0.05, 0.1) is 24.3 Å². The van der Waals surface area contributed by atoms with Gasteiger partial charge in [-0.05, 0) is 112 Å². The fourth-order valence-electron chi connectivity index (χ4n) is 12.1. The Morgan fingerprint density at radius 2 is 1.42 bits per heavy atom. The van der Waals surface area contributed by atoms with Crippen LogP contribution in [0.5, 0.6) is 0 Å². The number of fused-ring (bicyclic) bond motifs is 1. The van der Waals surface area contributed by atoms with Gasteiger partial charge < -0.3 is 30.2 Å². The van der Waals surface area contributed by atoms with Crippen molar-refractivity contribution in [2.24, 2.45) is 11.8 Å². The molecule has 0 spiro atoms. The molecule has 418 valence electrons. The van der Waals surface area contributed by atoms with Crippen molar-refractivity contribution >= 4 is 41.7 Å². The number of aromatic amines is 1. The Balaban J connectivity index is 0.00000255. The molecule has 1 aromatic heterocycles. The van der Waals surface area contributed by atoms with Crippen molar-refractivity contribution in [3.05, 3.63) is 97.0 Å². The Hall–Kier alpha value is -5.78. The first-order chi connectivity index (χ1) is 37.3. The summed E-state index contributed by atoms with van der Waals surface area (Å²) < 4.78 is 15.1. The van der Waals surface area contributed by atoms with Crippen LogP contribution in [-0.4, -0.2) is 179 Å². The van der Waals surface area contributed by atoms with E-state index in [1.54, 1.807) is 17.0 Å². The zero-order valence-electron chi connectivity index (χ0n) is 46.3. The minimum Gasteiger partial charge on any atom is -0.341 e. The van der Waals surface area contributed by atoms with E-state index in [-0.39, 0.29) is 52.6 Å². The van der Waals surface area contributed by atoms with Crippen molar-refractivity contribution in [3.63, 3.8) is 0 Å². The van der Waals surface area contributed by atoms with Gasteiger partial charge in [-0.1, -0.05) is 83.7 Å². The molecule has 5 heterocycles. The van der Waals surface area contributed by atoms with E-state index < -0.39 is 17.8 Å². The summed E-state index contributed by atoms with van der Waals surface area (Å²) in [7, 11) is 0. The number of H-pyrrole nitrogens is 1. The first-order valence-corrected chi connectivity index (χ1v) is 29.1. The number of hydrogen-bond donors (Lipinski definition) is 3. The first kappa shape index (κ1) is 57.4. The van der Waals surface area contributed by atoms with Crippen molar-refractivity contribution in [2.45, 2.75) is 129 Å². The zero-order valence-corrected chi connectivity index (χ0v) is 46.3. The lowest BCUT2D eigenvalue weighted by molar-refractivity contribution is -0.137. The second-order valence-electron chi connectivity index (χ2n) is 22.7. The van der Waals surface area contributed by atoms with Gasteiger partial charge in [0.1, 0.15) is 11.9 Å². The SMILES string of the molecule is CC(C)NCC(=O)N1CCCC(c2cccc(C(=O)NC(C(=O)N3CCN(CC4CCN(CC(=O)N5CCN(C(=O)c6cc(Cc7n[nH]c(=O)c8c7=CCCC=8)ccc6F)CC5)CC4)CC3)C3CCCCC3)c2)C1.CCC. The Morgan fingerprint density at radius 1 is 0.727 bits per heavy atom. The molecule has 4 aliphatic heterocycles. The summed E-state index contributed by atoms with van der Waals surface area (Å²) in [4.78, 5) is 92.9. The van der Waals surface area contributed by atoms with Crippen LogP contribution in [0.1, 0.15) is 148 Å². The standard InChI is InChI=1S/C57H77FN10O6.C3H8/c1-39(2)59-35-51(69)68-21-9-14-45(37-68)43-12-8-13-44(34-43)54(71)60-53(42-10-4-3-5-11-42)57(74)67-26-24-64(25-27-67)36-40-19-22-63(23-20-40)38-52(70)65-28-30-66(31-29-65)56(73)48-32-41(17-18-49(48)58)33-50-46-15-6-7-16-47(46)55(72)62-61-50;1-3-2/h8,12-13,15-18,32,34,39-40,42,45,53,59H,3-7,9-11,14,19-31,33,35-38H2,1-2H3,(H,60,71)(H,62,72);3H2,1-2H3. The second-order valence-corrected chi connectivity index (χ2v) is 22.7. The van der Waals surface area contributed by atoms with Gasteiger partial charge in [-0.3, -0.25) is 38.6 Å². The Labute approximate surface area is 454 Å². The van der Waals surface area contributed by atoms with E-state index in [9.17, 15) is 28.8 Å². The van der Waals surface area contributed by atoms with E-state index in [0.717, 1.165) is 126 Å². The number of aromatic nitrogens is 2. The predicted octanol–water partition coefficient (Wildman–Crippen LogP) is 4.49. The molecule has 0 radical (unpaired) electrons. The van der Waals surface area contributed by atoms with Gasteiger partial charge in [0.15, 0.2) is 0 Å². The molecule has 2 aliphatic carbocycles. The third-order valence-electron chi connectivity index (χ3n) is 16.6. The van der Waals surface area contributed by atoms with Crippen LogP contribution in [0.25, 0.3) is 12.2 Å². The van der Waals surface area contributed by atoms with E-state index in [1.807, 2.05) is 58.9 Å². The van der Waals surface area contributed by atoms with Gasteiger partial charge in [0, 0.05) is 106 Å². The summed E-state index contributed by atoms with van der Waals surface area (Å²) in [6.07, 6.45) is 16.1. The van der Waals surface area contributed by atoms with Crippen molar-refractivity contribution in [1.82, 2.24) is 50.2 Å². The normalized spacial score (nSPS) is 20.3. The highest BCUT2D eigenvalue weighted by molar-refractivity contribution is 5.98. The molecular formula is C60H85FN10O6. The summed E-state index contributed by atoms with van der Waals surface area (Å²) >= 11 is 0. The van der Waals surface area contributed by atoms with Gasteiger partial charge >= 0.3 is 0 Å². The molecule has 17 heteroatoms. The minimum atomic E-state index is -0.594. The summed E-state index contributed by atoms with van der Waals surface area (Å²) in [5, 5.41) is 14.7. The highest BCUT2D eigenvalue weighted by Crippen LogP contribution is 2.30. The number of likely N-dealkylation sites (tertiary alicyclic amines) is 2. The quantitative estimate of drug-likeness (QED) is 0.197. The number of amides is 5. The molecule has 3 N–H and O–H groups in total. The summed E-state index contributed by atoms with van der Waals surface area (Å²) in [5.41, 5.74) is 2.77. The maximum absolute atomic E-state index is 15.1. The maximum Gasteiger partial charge on any atom is 0.271 e. The minimum absolute atomic E-state index is 0.00840. The lowest BCUT2D eigenvalue weighted by atomic mass is 9.83. The maximum atomic E-state index is 15.1. The molecule has 3 aromatic rings. The molecule has 2 atom stereocenters. The smallest absolute Gasteiger partial charge is 0.271 e. The summed E-state index contributed by atoms with van der Waals surface area (Å²) in [6.45, 7) is 17.2. The largest absolute Gasteiger partial charge is 0.341 e. The highest BCUT2D eigenvalue weighted by atomic mass is 19.1. The number of nitrogens with zero attached hydrogens (tertiary/aromatic N) is 7. The molecule has 5 amide bonds. The Kier molecular flexibility index (Phi) is 20.6. The summed E-state index contributed by atoms with van der Waals surface area (Å²) in [5.74, 6) is -0.280. The van der Waals surface area contributed by atoms with Crippen LogP contribution in [0, 0.1) is 17.7 Å². The van der Waals surface area contributed by atoms with Crippen molar-refractivity contribution in [3.8, 4) is 0 Å². The van der Waals surface area contributed by atoms with Gasteiger partial charge in [-0.15, -0.1) is 0 Å². The van der Waals surface area contributed by atoms with Crippen LogP contribution in [0.2, 0.25) is 0 Å². The number of benzene rings is 2. The molecule has 16 nitrogen and oxygen atoms in total. The van der Waals surface area contributed by atoms with Crippen molar-refractivity contribution in [1.29, 1.82) is 0 Å². The van der Waals surface area contributed by atoms with Crippen LogP contribution in [0.4, 0.5) is 4.39 Å². The van der Waals surface area contributed by atoms with Crippen LogP contribution >= 0.6 is 0 Å². The molecule has 5 fully saturated rings. The Morgan fingerprint density at radius 3 is 2.13 bits per heavy atom. The molecule has 9 rings (SSSR count). The number of rotatable bonds is 15. The predicted molar refractivity (Wildman–Crippen MR) is 298 cm³/mol. The zero-order chi connectivity index (χ0) is 54.4. The molecule has 4 saturated heterocycles. The number of hydrogen-bond acceptors (Lipinski definition) is 10. The third-order valence-corrected chi connectivity index (χ3v) is 16.6. The van der Waals surface area contributed by atoms with Gasteiger partial charge in [-0.25, -0.2) is 9.49 Å². The topological polar surface area (TPSA) is 175 Å². The van der Waals surface area contributed by atoms with E-state index in [4.69, 9.17) is 0 Å². The fraction of sp³-hybridized carbons (Fsp3) is 0.617. The van der Waals surface area contributed by atoms with E-state index in [0.29, 0.717) is 87.7 Å². The number of halogens is 1. The number of carbonyl (C=O) groups is 5. The molecule has 2 aromatic carbocycles. The van der Waals surface area contributed by atoms with Crippen molar-refractivity contribution < 1.29 is 28.4 Å². The van der Waals surface area contributed by atoms with Crippen LogP contribution < -0.4 is 26.6 Å². The number of piperazine rings is 2. The van der Waals surface area contributed by atoms with Gasteiger partial charge in [0.2, 0.25) is 17.7 Å². The fourth-order valence-corrected chi connectivity index (χ4v) is 12.1. The molecule has 77 heavy (non-hydrogen) atoms. The first-order valence-electron chi connectivity index (χ1n) is 29.1. The lowest BCUT2D eigenvalue weighted by Crippen LogP contribution is -2.57. The van der Waals surface area contributed by atoms with E-state index >= 15 is 4.39 Å². The Bertz CT molecular complexity index is 2700. The summed E-state index contributed by atoms with van der Waals surface area (Å²) in [6, 6.07) is 12.0. The molecule has 0 bridgehead atoms. The number of carbonyl (C=O) groups excluding carboxylic acids is 5. The average Bonchev–Trinajstić information content (AvgIpc) is 3.46. The highest BCUT2D eigenvalue weighted by Gasteiger charge is 2.37. The van der Waals surface area contributed by atoms with Gasteiger partial charge in [-0.2, -0.15) is 5.10 Å². The average molecular weight is 1060 g/mol. The molecule has 2 unspecified atom stereocenters. The second kappa shape index (κ2) is 27.7. The van der Waals surface area contributed by atoms with Crippen LogP contribution in [0.3, 0.4) is 0 Å². The number of nitrogens with one attached hydrogen (secondary N) is 3. The third kappa shape index (κ3) is 15.3. The van der Waals surface area contributed by atoms with Crippen molar-refractivity contribution in [2.75, 3.05) is 98.2 Å². The monoisotopic (exact) mass is 1060 g/mol. The van der Waals surface area contributed by atoms with Gasteiger partial charge in [0.25, 0.3) is 17.4 Å². The molecule has 6 aliphatic rings.